The van der Waals surface area contributed by atoms with E-state index >= 15 is 4.39 Å². The van der Waals surface area contributed by atoms with E-state index in [-0.39, 0.29) is 47.0 Å². The number of carbonyl (C=O) groups is 1. The van der Waals surface area contributed by atoms with E-state index in [9.17, 15) is 10.1 Å². The molecule has 2 unspecified atom stereocenters. The van der Waals surface area contributed by atoms with Gasteiger partial charge in [-0.25, -0.2) is 9.37 Å². The largest absolute Gasteiger partial charge is 0.493 e. The van der Waals surface area contributed by atoms with Gasteiger partial charge in [0, 0.05) is 43.4 Å². The summed E-state index contributed by atoms with van der Waals surface area (Å²) < 4.78 is 39.1. The van der Waals surface area contributed by atoms with Crippen LogP contribution in [0.5, 0.6) is 11.5 Å². The average Bonchev–Trinajstić information content (AvgIpc) is 3.58. The second-order valence-corrected chi connectivity index (χ2v) is 14.5. The predicted octanol–water partition coefficient (Wildman–Crippen LogP) is 8.93. The topological polar surface area (TPSA) is 124 Å². The number of esters is 1. The number of nitrogens with zero attached hydrogens (tertiary/aromatic N) is 3. The summed E-state index contributed by atoms with van der Waals surface area (Å²) in [5.41, 5.74) is 12.6. The first-order valence-corrected chi connectivity index (χ1v) is 18.7. The number of benzene rings is 4. The molecule has 2 N–H and O–H groups in total. The molecule has 2 aliphatic carbocycles. The summed E-state index contributed by atoms with van der Waals surface area (Å²) >= 11 is 13.6. The Hall–Kier alpha value is -4.66. The number of likely N-dealkylation sites (tertiary alicyclic amines) is 1. The Morgan fingerprint density at radius 3 is 2.62 bits per heavy atom. The van der Waals surface area contributed by atoms with Gasteiger partial charge >= 0.3 is 5.97 Å². The Morgan fingerprint density at radius 1 is 1.06 bits per heavy atom. The lowest BCUT2D eigenvalue weighted by Gasteiger charge is -2.20. The van der Waals surface area contributed by atoms with Crippen LogP contribution in [0.15, 0.2) is 59.0 Å². The molecule has 2 fully saturated rings. The summed E-state index contributed by atoms with van der Waals surface area (Å²) in [5.74, 6) is 0.176. The van der Waals surface area contributed by atoms with Crippen molar-refractivity contribution in [3.05, 3.63) is 98.3 Å². The first-order valence-electron chi connectivity index (χ1n) is 17.9. The summed E-state index contributed by atoms with van der Waals surface area (Å²) in [6.07, 6.45) is 3.52. The highest BCUT2D eigenvalue weighted by atomic mass is 35.5. The third kappa shape index (κ3) is 6.83. The smallest absolute Gasteiger partial charge is 0.309 e. The number of hydrogen-bond donors (Lipinski definition) is 1. The van der Waals surface area contributed by atoms with Crippen LogP contribution in [0, 0.1) is 23.1 Å². The highest BCUT2D eigenvalue weighted by molar-refractivity contribution is 6.36. The third-order valence-electron chi connectivity index (χ3n) is 10.2. The molecule has 1 saturated carbocycles. The van der Waals surface area contributed by atoms with Gasteiger partial charge in [0.2, 0.25) is 5.89 Å². The van der Waals surface area contributed by atoms with Gasteiger partial charge in [0.25, 0.3) is 0 Å². The molecule has 1 saturated heterocycles. The van der Waals surface area contributed by atoms with E-state index in [1.807, 2.05) is 55.5 Å². The molecular weight excluding hydrogens is 718 g/mol. The highest BCUT2D eigenvalue weighted by Gasteiger charge is 2.35. The van der Waals surface area contributed by atoms with Crippen LogP contribution in [0.25, 0.3) is 33.7 Å². The zero-order valence-corrected chi connectivity index (χ0v) is 30.6. The monoisotopic (exact) mass is 754 g/mol. The van der Waals surface area contributed by atoms with Crippen LogP contribution in [0.4, 0.5) is 4.39 Å². The molecule has 0 radical (unpaired) electrons. The third-order valence-corrected chi connectivity index (χ3v) is 11.0. The second kappa shape index (κ2) is 14.6. The standard InChI is InChI=1S/C41H37Cl2FN4O5/c1-2-50-34-17-35(37(43)38(44)31(34)19-46)52-33-12-11-27-26(5-3-6-28(27)33)29-7-4-8-30(36(29)42)40-47-32-16-22(15-24(18-45)39(32)53-40)20-48-14-13-25(21-48)51-41(49)23-9-10-23/h3-8,15-17,23,25,33H,2,9-14,19-21,46H2,1H3. The lowest BCUT2D eigenvalue weighted by molar-refractivity contribution is -0.150. The van der Waals surface area contributed by atoms with Crippen molar-refractivity contribution < 1.29 is 27.8 Å². The molecule has 8 rings (SSSR count). The van der Waals surface area contributed by atoms with Gasteiger partial charge in [-0.2, -0.15) is 5.26 Å². The molecule has 1 aromatic heterocycles. The Morgan fingerprint density at radius 2 is 1.85 bits per heavy atom. The molecule has 0 amide bonds. The van der Waals surface area contributed by atoms with Gasteiger partial charge < -0.3 is 24.4 Å². The van der Waals surface area contributed by atoms with E-state index in [2.05, 4.69) is 11.0 Å². The minimum absolute atomic E-state index is 0.0545. The summed E-state index contributed by atoms with van der Waals surface area (Å²) in [4.78, 5) is 19.2. The van der Waals surface area contributed by atoms with Crippen LogP contribution < -0.4 is 15.2 Å². The summed E-state index contributed by atoms with van der Waals surface area (Å²) in [6.45, 7) is 4.15. The van der Waals surface area contributed by atoms with Crippen molar-refractivity contribution in [2.24, 2.45) is 11.7 Å². The molecule has 3 aliphatic rings. The Labute approximate surface area is 316 Å². The van der Waals surface area contributed by atoms with Crippen molar-refractivity contribution in [2.45, 2.75) is 64.3 Å². The van der Waals surface area contributed by atoms with E-state index in [1.165, 1.54) is 0 Å². The minimum atomic E-state index is -0.643. The van der Waals surface area contributed by atoms with Gasteiger partial charge in [0.1, 0.15) is 40.3 Å². The zero-order chi connectivity index (χ0) is 36.8. The predicted molar refractivity (Wildman–Crippen MR) is 199 cm³/mol. The van der Waals surface area contributed by atoms with Crippen LogP contribution in [0.2, 0.25) is 10.0 Å². The number of fused-ring (bicyclic) bond motifs is 2. The molecule has 0 bridgehead atoms. The fourth-order valence-corrected chi connectivity index (χ4v) is 8.00. The van der Waals surface area contributed by atoms with E-state index < -0.39 is 5.82 Å². The van der Waals surface area contributed by atoms with Crippen molar-refractivity contribution in [3.63, 3.8) is 0 Å². The Kier molecular flexibility index (Phi) is 9.77. The maximum Gasteiger partial charge on any atom is 0.309 e. The first kappa shape index (κ1) is 35.4. The number of carbonyl (C=O) groups excluding carboxylic acids is 1. The van der Waals surface area contributed by atoms with Crippen molar-refractivity contribution >= 4 is 40.3 Å². The molecule has 9 nitrogen and oxygen atoms in total. The van der Waals surface area contributed by atoms with Crippen molar-refractivity contribution in [1.29, 1.82) is 5.26 Å². The van der Waals surface area contributed by atoms with Crippen LogP contribution >= 0.6 is 23.2 Å². The molecule has 12 heteroatoms. The molecule has 4 aromatic carbocycles. The fraction of sp³-hybridized carbons (Fsp3) is 0.341. The number of halogens is 3. The van der Waals surface area contributed by atoms with Crippen molar-refractivity contribution in [2.75, 3.05) is 19.7 Å². The van der Waals surface area contributed by atoms with Crippen LogP contribution in [-0.4, -0.2) is 41.7 Å². The SMILES string of the molecule is CCOc1cc(OC2CCc3c(-c4cccc(-c5nc6cc(CN7CCC(OC(=O)C8CC8)C7)cc(C#N)c6o5)c4Cl)cccc32)c(Cl)c(F)c1CN. The molecular formula is C41H37Cl2FN4O5. The number of rotatable bonds is 11. The molecule has 53 heavy (non-hydrogen) atoms. The molecule has 2 atom stereocenters. The summed E-state index contributed by atoms with van der Waals surface area (Å²) in [7, 11) is 0. The number of nitriles is 1. The lowest BCUT2D eigenvalue weighted by Crippen LogP contribution is -2.25. The Bertz CT molecular complexity index is 2280. The minimum Gasteiger partial charge on any atom is -0.493 e. The number of oxazole rings is 1. The van der Waals surface area contributed by atoms with Crippen molar-refractivity contribution in [3.8, 4) is 40.1 Å². The average molecular weight is 756 g/mol. The quantitative estimate of drug-likeness (QED) is 0.132. The van der Waals surface area contributed by atoms with Crippen LogP contribution in [-0.2, 0) is 29.0 Å². The van der Waals surface area contributed by atoms with Gasteiger partial charge in [-0.15, -0.1) is 0 Å². The molecule has 272 valence electrons. The Balaban J connectivity index is 1.05. The van der Waals surface area contributed by atoms with E-state index in [1.54, 1.807) is 6.07 Å². The van der Waals surface area contributed by atoms with Gasteiger partial charge in [0.05, 0.1) is 28.7 Å². The summed E-state index contributed by atoms with van der Waals surface area (Å²) in [5, 5.41) is 10.4. The highest BCUT2D eigenvalue weighted by Crippen LogP contribution is 2.46. The van der Waals surface area contributed by atoms with Gasteiger partial charge in [0.15, 0.2) is 11.4 Å². The van der Waals surface area contributed by atoms with Gasteiger partial charge in [-0.3, -0.25) is 9.69 Å². The maximum absolute atomic E-state index is 15.2. The van der Waals surface area contributed by atoms with E-state index in [0.717, 1.165) is 53.6 Å². The second-order valence-electron chi connectivity index (χ2n) is 13.8. The molecule has 0 spiro atoms. The van der Waals surface area contributed by atoms with Crippen LogP contribution in [0.3, 0.4) is 0 Å². The van der Waals surface area contributed by atoms with E-state index in [4.69, 9.17) is 52.5 Å². The van der Waals surface area contributed by atoms with Crippen molar-refractivity contribution in [1.82, 2.24) is 9.88 Å². The maximum atomic E-state index is 15.2. The summed E-state index contributed by atoms with van der Waals surface area (Å²) in [6, 6.07) is 19.3. The number of aromatic nitrogens is 1. The molecule has 2 heterocycles. The first-order chi connectivity index (χ1) is 25.8. The zero-order valence-electron chi connectivity index (χ0n) is 29.1. The normalized spacial score (nSPS) is 18.3. The fourth-order valence-electron chi connectivity index (χ4n) is 7.48. The number of hydrogen-bond acceptors (Lipinski definition) is 9. The molecule has 5 aromatic rings. The van der Waals surface area contributed by atoms with Gasteiger partial charge in [-0.1, -0.05) is 53.5 Å². The van der Waals surface area contributed by atoms with E-state index in [0.29, 0.717) is 71.4 Å². The number of nitrogens with two attached hydrogens (primary N) is 1. The molecule has 1 aliphatic heterocycles. The number of ether oxygens (including phenoxy) is 3. The van der Waals surface area contributed by atoms with Crippen LogP contribution in [0.1, 0.15) is 66.5 Å². The lowest BCUT2D eigenvalue weighted by atomic mass is 9.95. The van der Waals surface area contributed by atoms with Gasteiger partial charge in [-0.05, 0) is 79.5 Å².